The van der Waals surface area contributed by atoms with Crippen LogP contribution in [0.4, 0.5) is 0 Å². The van der Waals surface area contributed by atoms with Crippen LogP contribution in [0.15, 0.2) is 102 Å². The fraction of sp³-hybridized carbons (Fsp3) is 0.200. The number of rotatable bonds is 7. The molecular weight excluding hydrogens is 376 g/mol. The zero-order valence-corrected chi connectivity index (χ0v) is 18.9. The third-order valence-electron chi connectivity index (χ3n) is 4.44. The van der Waals surface area contributed by atoms with E-state index in [0.717, 1.165) is 5.09 Å². The maximum Gasteiger partial charge on any atom is 0.242 e. The summed E-state index contributed by atoms with van der Waals surface area (Å²) in [6.45, 7) is 8.75. The molecule has 0 aliphatic rings. The second kappa shape index (κ2) is 8.85. The Morgan fingerprint density at radius 1 is 0.714 bits per heavy atom. The highest BCUT2D eigenvalue weighted by Crippen LogP contribution is 2.51. The lowest BCUT2D eigenvalue weighted by atomic mass is 9.84. The number of hydrogen-bond donors (Lipinski definition) is 0. The molecule has 0 saturated carbocycles. The van der Waals surface area contributed by atoms with E-state index in [1.165, 1.54) is 16.7 Å². The van der Waals surface area contributed by atoms with Crippen LogP contribution in [0.5, 0.6) is 0 Å². The number of benzene rings is 3. The van der Waals surface area contributed by atoms with Gasteiger partial charge in [0.1, 0.15) is 5.09 Å². The van der Waals surface area contributed by atoms with Crippen LogP contribution in [0.1, 0.15) is 23.6 Å². The molecule has 0 atom stereocenters. The molecule has 3 heteroatoms. The number of allylic oxidation sites excluding steroid dienone is 1. The lowest BCUT2D eigenvalue weighted by molar-refractivity contribution is 0.461. The molecule has 144 valence electrons. The molecule has 0 heterocycles. The van der Waals surface area contributed by atoms with E-state index in [1.807, 2.05) is 0 Å². The van der Waals surface area contributed by atoms with Gasteiger partial charge >= 0.3 is 0 Å². The van der Waals surface area contributed by atoms with Crippen molar-refractivity contribution >= 4 is 20.1 Å². The minimum atomic E-state index is -1.73. The van der Waals surface area contributed by atoms with Crippen molar-refractivity contribution in [2.45, 2.75) is 31.3 Å². The summed E-state index contributed by atoms with van der Waals surface area (Å²) < 4.78 is 6.09. The first-order valence-corrected chi connectivity index (χ1v) is 13.9. The van der Waals surface area contributed by atoms with Crippen molar-refractivity contribution in [2.24, 2.45) is 0 Å². The molecule has 3 aromatic rings. The average molecular weight is 405 g/mol. The third-order valence-corrected chi connectivity index (χ3v) is 6.95. The molecule has 3 aromatic carbocycles. The van der Waals surface area contributed by atoms with Gasteiger partial charge in [-0.2, -0.15) is 0 Å². The molecule has 3 rings (SSSR count). The summed E-state index contributed by atoms with van der Waals surface area (Å²) in [5, 5.41) is 0.982. The van der Waals surface area contributed by atoms with Crippen LogP contribution in [0.2, 0.25) is 19.6 Å². The normalized spacial score (nSPS) is 12.6. The van der Waals surface area contributed by atoms with Crippen LogP contribution < -0.4 is 0 Å². The Morgan fingerprint density at radius 2 is 1.07 bits per heavy atom. The highest BCUT2D eigenvalue weighted by Gasteiger charge is 2.39. The maximum absolute atomic E-state index is 6.47. The summed E-state index contributed by atoms with van der Waals surface area (Å²) in [7, 11) is -1.73. The van der Waals surface area contributed by atoms with Crippen LogP contribution in [0.3, 0.4) is 0 Å². The van der Waals surface area contributed by atoms with Crippen LogP contribution in [0, 0.1) is 0 Å². The summed E-state index contributed by atoms with van der Waals surface area (Å²) in [6.07, 6.45) is 2.10. The smallest absolute Gasteiger partial charge is 0.242 e. The van der Waals surface area contributed by atoms with Crippen molar-refractivity contribution in [3.63, 3.8) is 0 Å². The van der Waals surface area contributed by atoms with Crippen molar-refractivity contribution in [1.82, 2.24) is 0 Å². The predicted molar refractivity (Wildman–Crippen MR) is 125 cm³/mol. The molecule has 0 aliphatic carbocycles. The van der Waals surface area contributed by atoms with Gasteiger partial charge in [0.2, 0.25) is 8.32 Å². The van der Waals surface area contributed by atoms with Crippen LogP contribution in [-0.4, -0.2) is 8.32 Å². The molecule has 0 aliphatic heterocycles. The highest BCUT2D eigenvalue weighted by atomic mass is 32.2. The molecule has 28 heavy (non-hydrogen) atoms. The molecule has 1 nitrogen and oxygen atoms in total. The molecule has 0 amide bonds. The van der Waals surface area contributed by atoms with E-state index < -0.39 is 8.32 Å². The van der Waals surface area contributed by atoms with Crippen molar-refractivity contribution in [3.8, 4) is 0 Å². The van der Waals surface area contributed by atoms with Gasteiger partial charge < -0.3 is 4.43 Å². The Kier molecular flexibility index (Phi) is 6.48. The predicted octanol–water partition coefficient (Wildman–Crippen LogP) is 7.42. The molecule has 0 spiro atoms. The van der Waals surface area contributed by atoms with Gasteiger partial charge in [-0.1, -0.05) is 103 Å². The molecule has 0 radical (unpaired) electrons. The van der Waals surface area contributed by atoms with Gasteiger partial charge in [0, 0.05) is 0 Å². The van der Waals surface area contributed by atoms with Gasteiger partial charge in [0.05, 0.1) is 4.75 Å². The first-order valence-electron chi connectivity index (χ1n) is 9.66. The zero-order chi connectivity index (χ0) is 20.0. The maximum atomic E-state index is 6.47. The minimum absolute atomic E-state index is 0.384. The quantitative estimate of drug-likeness (QED) is 0.230. The summed E-state index contributed by atoms with van der Waals surface area (Å²) in [6, 6.07) is 32.2. The SMILES string of the molecule is C/C=C(\O[Si](C)(C)C)SC(c1ccccc1)(c1ccccc1)c1ccccc1. The van der Waals surface area contributed by atoms with Gasteiger partial charge in [-0.3, -0.25) is 0 Å². The molecular formula is C25H28OSSi. The van der Waals surface area contributed by atoms with Gasteiger partial charge in [-0.25, -0.2) is 0 Å². The summed E-state index contributed by atoms with van der Waals surface area (Å²) >= 11 is 1.80. The first kappa shape index (κ1) is 20.5. The number of hydrogen-bond acceptors (Lipinski definition) is 2. The summed E-state index contributed by atoms with van der Waals surface area (Å²) in [5.74, 6) is 0. The summed E-state index contributed by atoms with van der Waals surface area (Å²) in [4.78, 5) is 0. The van der Waals surface area contributed by atoms with E-state index in [-0.39, 0.29) is 4.75 Å². The van der Waals surface area contributed by atoms with Gasteiger partial charge in [0.25, 0.3) is 0 Å². The molecule has 0 unspecified atom stereocenters. The number of thioether (sulfide) groups is 1. The second-order valence-corrected chi connectivity index (χ2v) is 13.4. The third kappa shape index (κ3) is 4.60. The molecule has 0 N–H and O–H groups in total. The standard InChI is InChI=1S/C25H28OSSi/c1-5-24(26-28(2,3)4)27-25(21-15-9-6-10-16-21,22-17-11-7-12-18-22)23-19-13-8-14-20-23/h5-20H,1-4H3/b24-5+. The largest absolute Gasteiger partial charge is 0.540 e. The van der Waals surface area contributed by atoms with Gasteiger partial charge in [0.15, 0.2) is 0 Å². The fourth-order valence-electron chi connectivity index (χ4n) is 3.29. The Labute approximate surface area is 174 Å². The van der Waals surface area contributed by atoms with Crippen LogP contribution in [0.25, 0.3) is 0 Å². The first-order chi connectivity index (χ1) is 13.5. The van der Waals surface area contributed by atoms with E-state index in [1.54, 1.807) is 11.8 Å². The average Bonchev–Trinajstić information content (AvgIpc) is 2.72. The Bertz CT molecular complexity index is 803. The fourth-order valence-corrected chi connectivity index (χ4v) is 6.11. The molecule has 0 aromatic heterocycles. The Morgan fingerprint density at radius 3 is 1.36 bits per heavy atom. The highest BCUT2D eigenvalue weighted by molar-refractivity contribution is 8.04. The topological polar surface area (TPSA) is 9.23 Å². The molecule has 0 saturated heterocycles. The minimum Gasteiger partial charge on any atom is -0.540 e. The zero-order valence-electron chi connectivity index (χ0n) is 17.1. The molecule has 0 fully saturated rings. The Balaban J connectivity index is 2.25. The van der Waals surface area contributed by atoms with Gasteiger partial charge in [-0.15, -0.1) is 0 Å². The monoisotopic (exact) mass is 404 g/mol. The lowest BCUT2D eigenvalue weighted by Gasteiger charge is -2.37. The second-order valence-electron chi connectivity index (χ2n) is 7.70. The van der Waals surface area contributed by atoms with Crippen molar-refractivity contribution in [1.29, 1.82) is 0 Å². The van der Waals surface area contributed by atoms with E-state index in [2.05, 4.69) is 124 Å². The van der Waals surface area contributed by atoms with E-state index in [0.29, 0.717) is 0 Å². The van der Waals surface area contributed by atoms with Crippen molar-refractivity contribution in [3.05, 3.63) is 119 Å². The van der Waals surface area contributed by atoms with Crippen LogP contribution >= 0.6 is 11.8 Å². The van der Waals surface area contributed by atoms with Gasteiger partial charge in [-0.05, 0) is 49.3 Å². The van der Waals surface area contributed by atoms with Crippen LogP contribution in [-0.2, 0) is 9.17 Å². The molecule has 0 bridgehead atoms. The van der Waals surface area contributed by atoms with E-state index >= 15 is 0 Å². The van der Waals surface area contributed by atoms with Crippen molar-refractivity contribution in [2.75, 3.05) is 0 Å². The lowest BCUT2D eigenvalue weighted by Crippen LogP contribution is -2.29. The summed E-state index contributed by atoms with van der Waals surface area (Å²) in [5.41, 5.74) is 3.74. The Hall–Kier alpha value is -2.23. The van der Waals surface area contributed by atoms with Crippen molar-refractivity contribution < 1.29 is 4.43 Å². The van der Waals surface area contributed by atoms with E-state index in [4.69, 9.17) is 4.43 Å². The van der Waals surface area contributed by atoms with E-state index in [9.17, 15) is 0 Å².